The van der Waals surface area contributed by atoms with Crippen molar-refractivity contribution in [1.82, 2.24) is 14.5 Å². The van der Waals surface area contributed by atoms with Gasteiger partial charge in [0.25, 0.3) is 5.56 Å². The van der Waals surface area contributed by atoms with E-state index in [4.69, 9.17) is 15.5 Å². The van der Waals surface area contributed by atoms with Crippen LogP contribution in [0.3, 0.4) is 0 Å². The minimum absolute atomic E-state index is 0.0281. The Balaban J connectivity index is 1.79. The molecule has 0 atom stereocenters. The van der Waals surface area contributed by atoms with Crippen molar-refractivity contribution in [3.63, 3.8) is 0 Å². The average Bonchev–Trinajstić information content (AvgIpc) is 2.82. The third-order valence-electron chi connectivity index (χ3n) is 5.87. The van der Waals surface area contributed by atoms with Crippen LogP contribution in [0, 0.1) is 6.92 Å². The van der Waals surface area contributed by atoms with Gasteiger partial charge in [-0.05, 0) is 31.0 Å². The van der Waals surface area contributed by atoms with E-state index in [1.807, 2.05) is 61.5 Å². The number of carbonyl (C=O) groups excluding carboxylic acids is 1. The Morgan fingerprint density at radius 2 is 1.80 bits per heavy atom. The lowest BCUT2D eigenvalue weighted by Crippen LogP contribution is -2.37. The number of nitrogens with one attached hydrogen (secondary N) is 1. The van der Waals surface area contributed by atoms with Crippen LogP contribution in [-0.2, 0) is 17.8 Å². The van der Waals surface area contributed by atoms with E-state index in [0.717, 1.165) is 22.0 Å². The summed E-state index contributed by atoms with van der Waals surface area (Å²) in [5.74, 6) is -0.456. The zero-order valence-electron chi connectivity index (χ0n) is 19.9. The maximum atomic E-state index is 12.9. The predicted octanol–water partition coefficient (Wildman–Crippen LogP) is 2.84. The van der Waals surface area contributed by atoms with Crippen LogP contribution in [0.5, 0.6) is 0 Å². The van der Waals surface area contributed by atoms with Crippen molar-refractivity contribution >= 4 is 28.4 Å². The fourth-order valence-electron chi connectivity index (χ4n) is 4.20. The molecule has 0 unspecified atom stereocenters. The van der Waals surface area contributed by atoms with Crippen molar-refractivity contribution in [2.75, 3.05) is 24.3 Å². The topological polar surface area (TPSA) is 123 Å². The van der Waals surface area contributed by atoms with E-state index in [1.54, 1.807) is 18.9 Å². The molecule has 0 aliphatic heterocycles. The molecule has 0 fully saturated rings. The highest BCUT2D eigenvalue weighted by Crippen LogP contribution is 2.26. The largest absolute Gasteiger partial charge is 0.462 e. The van der Waals surface area contributed by atoms with E-state index in [9.17, 15) is 14.4 Å². The zero-order chi connectivity index (χ0) is 25.1. The van der Waals surface area contributed by atoms with Gasteiger partial charge in [-0.2, -0.15) is 0 Å². The minimum atomic E-state index is -0.616. The Morgan fingerprint density at radius 3 is 2.51 bits per heavy atom. The Labute approximate surface area is 201 Å². The van der Waals surface area contributed by atoms with Crippen molar-refractivity contribution in [2.45, 2.75) is 26.9 Å². The normalized spacial score (nSPS) is 10.9. The van der Waals surface area contributed by atoms with Gasteiger partial charge in [-0.15, -0.1) is 0 Å². The highest BCUT2D eigenvalue weighted by molar-refractivity contribution is 5.98. The lowest BCUT2D eigenvalue weighted by atomic mass is 10.0. The summed E-state index contributed by atoms with van der Waals surface area (Å²) in [5.41, 5.74) is 8.36. The minimum Gasteiger partial charge on any atom is -0.462 e. The number of pyridine rings is 1. The van der Waals surface area contributed by atoms with Crippen LogP contribution >= 0.6 is 0 Å². The molecule has 4 rings (SSSR count). The van der Waals surface area contributed by atoms with E-state index < -0.39 is 17.2 Å². The fourth-order valence-corrected chi connectivity index (χ4v) is 4.20. The third-order valence-corrected chi connectivity index (χ3v) is 5.87. The summed E-state index contributed by atoms with van der Waals surface area (Å²) >= 11 is 0. The number of aromatic amines is 1. The maximum Gasteiger partial charge on any atom is 0.340 e. The van der Waals surface area contributed by atoms with Gasteiger partial charge in [-0.3, -0.25) is 19.3 Å². The van der Waals surface area contributed by atoms with E-state index in [0.29, 0.717) is 11.3 Å². The monoisotopic (exact) mass is 473 g/mol. The Kier molecular flexibility index (Phi) is 6.68. The van der Waals surface area contributed by atoms with Crippen LogP contribution in [0.1, 0.15) is 34.1 Å². The summed E-state index contributed by atoms with van der Waals surface area (Å²) < 4.78 is 6.61. The third kappa shape index (κ3) is 4.65. The number of nitrogens with two attached hydrogens (primary N) is 1. The van der Waals surface area contributed by atoms with Crippen LogP contribution in [-0.4, -0.2) is 34.2 Å². The van der Waals surface area contributed by atoms with Gasteiger partial charge >= 0.3 is 11.7 Å². The second kappa shape index (κ2) is 9.84. The van der Waals surface area contributed by atoms with Gasteiger partial charge < -0.3 is 15.4 Å². The molecule has 0 radical (unpaired) electrons. The number of anilines is 2. The summed E-state index contributed by atoms with van der Waals surface area (Å²) in [6, 6.07) is 16.9. The Morgan fingerprint density at radius 1 is 1.11 bits per heavy atom. The van der Waals surface area contributed by atoms with Crippen LogP contribution in [0.25, 0.3) is 10.9 Å². The number of fused-ring (bicyclic) bond motifs is 1. The average molecular weight is 474 g/mol. The quantitative estimate of drug-likeness (QED) is 0.396. The number of aromatic nitrogens is 3. The van der Waals surface area contributed by atoms with Crippen molar-refractivity contribution in [2.24, 2.45) is 0 Å². The molecule has 0 saturated carbocycles. The molecule has 9 heteroatoms. The van der Waals surface area contributed by atoms with Gasteiger partial charge in [-0.25, -0.2) is 9.59 Å². The molecule has 0 saturated heterocycles. The molecule has 0 bridgehead atoms. The first kappa shape index (κ1) is 23.7. The number of H-pyrrole nitrogens is 1. The smallest absolute Gasteiger partial charge is 0.340 e. The second-order valence-electron chi connectivity index (χ2n) is 8.22. The molecular weight excluding hydrogens is 446 g/mol. The van der Waals surface area contributed by atoms with Gasteiger partial charge in [0.15, 0.2) is 0 Å². The highest BCUT2D eigenvalue weighted by atomic mass is 16.5. The highest BCUT2D eigenvalue weighted by Gasteiger charge is 2.23. The summed E-state index contributed by atoms with van der Waals surface area (Å²) in [7, 11) is 1.67. The van der Waals surface area contributed by atoms with E-state index in [-0.39, 0.29) is 31.2 Å². The van der Waals surface area contributed by atoms with Crippen molar-refractivity contribution < 1.29 is 9.53 Å². The molecule has 0 aliphatic rings. The summed E-state index contributed by atoms with van der Waals surface area (Å²) in [6.45, 7) is 4.10. The number of nitrogen functional groups attached to an aromatic ring is 1. The number of rotatable bonds is 7. The summed E-state index contributed by atoms with van der Waals surface area (Å²) in [4.78, 5) is 46.9. The number of nitrogens with zero attached hydrogens (tertiary/aromatic N) is 3. The molecule has 0 aliphatic carbocycles. The molecule has 3 N–H and O–H groups in total. The van der Waals surface area contributed by atoms with Crippen molar-refractivity contribution in [3.8, 4) is 0 Å². The zero-order valence-corrected chi connectivity index (χ0v) is 19.9. The molecule has 0 amide bonds. The van der Waals surface area contributed by atoms with E-state index in [1.165, 1.54) is 4.57 Å². The molecule has 9 nitrogen and oxygen atoms in total. The lowest BCUT2D eigenvalue weighted by Gasteiger charge is -2.23. The number of hydrogen-bond donors (Lipinski definition) is 2. The van der Waals surface area contributed by atoms with Gasteiger partial charge in [0.1, 0.15) is 11.5 Å². The number of ether oxygens (including phenoxy) is 1. The lowest BCUT2D eigenvalue weighted by molar-refractivity contribution is 0.0524. The van der Waals surface area contributed by atoms with E-state index in [2.05, 4.69) is 4.98 Å². The molecule has 35 heavy (non-hydrogen) atoms. The number of aryl methyl sites for hydroxylation is 1. The molecule has 2 aromatic carbocycles. The fraction of sp³-hybridized carbons (Fsp3) is 0.231. The van der Waals surface area contributed by atoms with Gasteiger partial charge in [0.2, 0.25) is 0 Å². The first-order valence-electron chi connectivity index (χ1n) is 11.2. The molecule has 0 spiro atoms. The number of hydrogen-bond acceptors (Lipinski definition) is 7. The van der Waals surface area contributed by atoms with Crippen molar-refractivity contribution in [1.29, 1.82) is 0 Å². The van der Waals surface area contributed by atoms with Gasteiger partial charge in [0, 0.05) is 12.4 Å². The number of esters is 1. The van der Waals surface area contributed by atoms with Crippen LogP contribution in [0.2, 0.25) is 0 Å². The standard InChI is InChI=1S/C26H27N5O4/c1-4-35-25(33)21-16(2)18-12-8-9-13-19(18)28-20(21)15-30(3)22-23(27)31(26(34)29-24(22)32)14-17-10-6-5-7-11-17/h5-13H,4,14-15,27H2,1-3H3,(H,29,32,34). The van der Waals surface area contributed by atoms with Gasteiger partial charge in [-0.1, -0.05) is 48.5 Å². The van der Waals surface area contributed by atoms with Crippen LogP contribution in [0.15, 0.2) is 64.2 Å². The number of benzene rings is 2. The summed E-state index contributed by atoms with van der Waals surface area (Å²) in [6.07, 6.45) is 0. The van der Waals surface area contributed by atoms with Crippen molar-refractivity contribution in [3.05, 3.63) is 97.8 Å². The number of para-hydroxylation sites is 1. The van der Waals surface area contributed by atoms with Crippen LogP contribution in [0.4, 0.5) is 11.5 Å². The van der Waals surface area contributed by atoms with E-state index >= 15 is 0 Å². The number of carbonyl (C=O) groups is 1. The molecular formula is C26H27N5O4. The SMILES string of the molecule is CCOC(=O)c1c(CN(C)c2c(N)n(Cc3ccccc3)c(=O)[nH]c2=O)nc2ccccc2c1C. The first-order chi connectivity index (χ1) is 16.8. The summed E-state index contributed by atoms with van der Waals surface area (Å²) in [5, 5.41) is 0.843. The molecule has 2 heterocycles. The predicted molar refractivity (Wildman–Crippen MR) is 136 cm³/mol. The van der Waals surface area contributed by atoms with Gasteiger partial charge in [0.05, 0.1) is 36.5 Å². The molecule has 2 aromatic heterocycles. The Hall–Kier alpha value is -4.40. The maximum absolute atomic E-state index is 12.9. The Bertz CT molecular complexity index is 1510. The molecule has 4 aromatic rings. The first-order valence-corrected chi connectivity index (χ1v) is 11.2. The second-order valence-corrected chi connectivity index (χ2v) is 8.22. The van der Waals surface area contributed by atoms with Crippen LogP contribution < -0.4 is 21.9 Å². The molecule has 180 valence electrons.